The molecule has 0 aromatic rings. The van der Waals surface area contributed by atoms with Crippen molar-refractivity contribution in [1.82, 2.24) is 5.12 Å². The SMILES string of the molecule is CCC1[C@@H](N(C)F)[C@H]1C. The summed E-state index contributed by atoms with van der Waals surface area (Å²) in [6.07, 6.45) is 1.11. The molecular formula is C7H14FN. The van der Waals surface area contributed by atoms with Gasteiger partial charge >= 0.3 is 0 Å². The minimum absolute atomic E-state index is 0.218. The van der Waals surface area contributed by atoms with Gasteiger partial charge in [-0.25, -0.2) is 0 Å². The van der Waals surface area contributed by atoms with Crippen LogP contribution >= 0.6 is 0 Å². The van der Waals surface area contributed by atoms with Gasteiger partial charge in [0.15, 0.2) is 0 Å². The summed E-state index contributed by atoms with van der Waals surface area (Å²) in [5.74, 6) is 1.19. The minimum atomic E-state index is 0.218. The Balaban J connectivity index is 2.33. The van der Waals surface area contributed by atoms with E-state index in [2.05, 4.69) is 13.8 Å². The zero-order chi connectivity index (χ0) is 7.02. The molecule has 1 saturated carbocycles. The van der Waals surface area contributed by atoms with Gasteiger partial charge in [-0.2, -0.15) is 0 Å². The Morgan fingerprint density at radius 2 is 2.11 bits per heavy atom. The zero-order valence-electron chi connectivity index (χ0n) is 6.26. The second kappa shape index (κ2) is 2.25. The van der Waals surface area contributed by atoms with Crippen molar-refractivity contribution in [3.8, 4) is 0 Å². The molecule has 0 amide bonds. The van der Waals surface area contributed by atoms with E-state index in [0.29, 0.717) is 11.8 Å². The minimum Gasteiger partial charge on any atom is -0.146 e. The third kappa shape index (κ3) is 1.08. The van der Waals surface area contributed by atoms with Gasteiger partial charge in [-0.3, -0.25) is 0 Å². The van der Waals surface area contributed by atoms with E-state index in [9.17, 15) is 4.48 Å². The van der Waals surface area contributed by atoms with Crippen LogP contribution in [0.4, 0.5) is 4.48 Å². The highest BCUT2D eigenvalue weighted by molar-refractivity contribution is 4.97. The maximum absolute atomic E-state index is 12.4. The summed E-state index contributed by atoms with van der Waals surface area (Å²) in [7, 11) is 1.51. The van der Waals surface area contributed by atoms with Crippen molar-refractivity contribution in [2.24, 2.45) is 11.8 Å². The fourth-order valence-electron chi connectivity index (χ4n) is 1.72. The summed E-state index contributed by atoms with van der Waals surface area (Å²) in [5.41, 5.74) is 0. The lowest BCUT2D eigenvalue weighted by Gasteiger charge is -2.00. The molecule has 1 rings (SSSR count). The van der Waals surface area contributed by atoms with Crippen LogP contribution in [-0.4, -0.2) is 18.2 Å². The second-order valence-corrected chi connectivity index (χ2v) is 2.95. The summed E-state index contributed by atoms with van der Waals surface area (Å²) in [6, 6.07) is 0.218. The molecule has 0 heterocycles. The van der Waals surface area contributed by atoms with Gasteiger partial charge < -0.3 is 0 Å². The van der Waals surface area contributed by atoms with E-state index < -0.39 is 0 Å². The van der Waals surface area contributed by atoms with Gasteiger partial charge in [0.2, 0.25) is 0 Å². The monoisotopic (exact) mass is 131 g/mol. The maximum Gasteiger partial charge on any atom is 0.0459 e. The van der Waals surface area contributed by atoms with Crippen LogP contribution in [0.2, 0.25) is 0 Å². The molecule has 0 bridgehead atoms. The largest absolute Gasteiger partial charge is 0.146 e. The van der Waals surface area contributed by atoms with Gasteiger partial charge in [0, 0.05) is 13.1 Å². The molecule has 1 unspecified atom stereocenters. The Morgan fingerprint density at radius 1 is 1.56 bits per heavy atom. The molecule has 0 spiro atoms. The topological polar surface area (TPSA) is 3.24 Å². The fraction of sp³-hybridized carbons (Fsp3) is 1.00. The van der Waals surface area contributed by atoms with Crippen molar-refractivity contribution in [3.05, 3.63) is 0 Å². The average molecular weight is 131 g/mol. The molecular weight excluding hydrogens is 117 g/mol. The summed E-state index contributed by atoms with van der Waals surface area (Å²) in [4.78, 5) is 0. The Labute approximate surface area is 55.8 Å². The van der Waals surface area contributed by atoms with Crippen molar-refractivity contribution < 1.29 is 4.48 Å². The highest BCUT2D eigenvalue weighted by atomic mass is 19.2. The molecule has 1 aliphatic rings. The molecule has 1 aliphatic carbocycles. The lowest BCUT2D eigenvalue weighted by atomic mass is 10.3. The van der Waals surface area contributed by atoms with Crippen LogP contribution in [0.3, 0.4) is 0 Å². The van der Waals surface area contributed by atoms with E-state index in [1.165, 1.54) is 7.05 Å². The van der Waals surface area contributed by atoms with Gasteiger partial charge in [0.1, 0.15) is 0 Å². The lowest BCUT2D eigenvalue weighted by Crippen LogP contribution is -2.11. The summed E-state index contributed by atoms with van der Waals surface area (Å²) >= 11 is 0. The lowest BCUT2D eigenvalue weighted by molar-refractivity contribution is 0.0396. The molecule has 54 valence electrons. The van der Waals surface area contributed by atoms with Crippen LogP contribution in [0.1, 0.15) is 20.3 Å². The first-order valence-corrected chi connectivity index (χ1v) is 3.57. The average Bonchev–Trinajstić information content (AvgIpc) is 2.40. The highest BCUT2D eigenvalue weighted by Crippen LogP contribution is 2.44. The highest BCUT2D eigenvalue weighted by Gasteiger charge is 2.48. The van der Waals surface area contributed by atoms with E-state index in [1.54, 1.807) is 0 Å². The van der Waals surface area contributed by atoms with Crippen LogP contribution in [0.25, 0.3) is 0 Å². The predicted octanol–water partition coefficient (Wildman–Crippen LogP) is 1.85. The summed E-state index contributed by atoms with van der Waals surface area (Å²) < 4.78 is 12.4. The molecule has 0 aliphatic heterocycles. The maximum atomic E-state index is 12.4. The molecule has 2 heteroatoms. The standard InChI is InChI=1S/C7H14FN/c1-4-6-5(2)7(6)9(3)8/h5-7H,4H2,1-3H3/t5-,6?,7-/m0/s1. The molecule has 3 atom stereocenters. The van der Waals surface area contributed by atoms with Crippen molar-refractivity contribution in [1.29, 1.82) is 0 Å². The van der Waals surface area contributed by atoms with Crippen LogP contribution in [0.5, 0.6) is 0 Å². The van der Waals surface area contributed by atoms with E-state index in [1.807, 2.05) is 0 Å². The molecule has 9 heavy (non-hydrogen) atoms. The first kappa shape index (κ1) is 7.00. The van der Waals surface area contributed by atoms with Crippen LogP contribution in [-0.2, 0) is 0 Å². The third-order valence-corrected chi connectivity index (χ3v) is 2.39. The molecule has 0 aromatic carbocycles. The second-order valence-electron chi connectivity index (χ2n) is 2.95. The molecule has 0 aromatic heterocycles. The predicted molar refractivity (Wildman–Crippen MR) is 35.6 cm³/mol. The molecule has 0 saturated heterocycles. The van der Waals surface area contributed by atoms with E-state index in [0.717, 1.165) is 11.5 Å². The summed E-state index contributed by atoms with van der Waals surface area (Å²) in [6.45, 7) is 4.22. The molecule has 0 radical (unpaired) electrons. The van der Waals surface area contributed by atoms with Gasteiger partial charge in [-0.1, -0.05) is 20.3 Å². The van der Waals surface area contributed by atoms with Gasteiger partial charge in [0.25, 0.3) is 0 Å². The Kier molecular flexibility index (Phi) is 1.75. The Hall–Kier alpha value is -0.110. The zero-order valence-corrected chi connectivity index (χ0v) is 6.26. The van der Waals surface area contributed by atoms with Crippen molar-refractivity contribution in [2.45, 2.75) is 26.3 Å². The summed E-state index contributed by atoms with van der Waals surface area (Å²) in [5, 5.41) is 0.846. The number of hydrogen-bond acceptors (Lipinski definition) is 1. The Morgan fingerprint density at radius 3 is 2.22 bits per heavy atom. The Bertz CT molecular complexity index is 103. The molecule has 1 nitrogen and oxygen atoms in total. The van der Waals surface area contributed by atoms with Gasteiger partial charge in [-0.05, 0) is 11.8 Å². The number of halogens is 1. The molecule has 0 N–H and O–H groups in total. The fourth-order valence-corrected chi connectivity index (χ4v) is 1.72. The quantitative estimate of drug-likeness (QED) is 0.517. The smallest absolute Gasteiger partial charge is 0.0459 e. The number of nitrogens with zero attached hydrogens (tertiary/aromatic N) is 1. The number of hydrogen-bond donors (Lipinski definition) is 0. The van der Waals surface area contributed by atoms with Gasteiger partial charge in [-0.15, -0.1) is 9.60 Å². The van der Waals surface area contributed by atoms with E-state index in [4.69, 9.17) is 0 Å². The van der Waals surface area contributed by atoms with E-state index in [-0.39, 0.29) is 6.04 Å². The number of rotatable bonds is 2. The van der Waals surface area contributed by atoms with Crippen LogP contribution < -0.4 is 0 Å². The van der Waals surface area contributed by atoms with Crippen molar-refractivity contribution in [3.63, 3.8) is 0 Å². The van der Waals surface area contributed by atoms with Crippen molar-refractivity contribution in [2.75, 3.05) is 7.05 Å². The first-order chi connectivity index (χ1) is 4.18. The third-order valence-electron chi connectivity index (χ3n) is 2.39. The van der Waals surface area contributed by atoms with Crippen LogP contribution in [0.15, 0.2) is 0 Å². The molecule has 1 fully saturated rings. The van der Waals surface area contributed by atoms with Crippen LogP contribution in [0, 0.1) is 11.8 Å². The first-order valence-electron chi connectivity index (χ1n) is 3.57. The van der Waals surface area contributed by atoms with Gasteiger partial charge in [0.05, 0.1) is 0 Å². The normalized spacial score (nSPS) is 41.7. The van der Waals surface area contributed by atoms with E-state index >= 15 is 0 Å². The van der Waals surface area contributed by atoms with Crippen molar-refractivity contribution >= 4 is 0 Å².